The number of carbonyl (C=O) groups is 3. The molecule has 8 heteroatoms. The van der Waals surface area contributed by atoms with E-state index in [1.165, 1.54) is 6.21 Å². The fourth-order valence-electron chi connectivity index (χ4n) is 3.27. The highest BCUT2D eigenvalue weighted by Crippen LogP contribution is 2.24. The van der Waals surface area contributed by atoms with Crippen LogP contribution < -0.4 is 19.7 Å². The first-order chi connectivity index (χ1) is 14.3. The second-order valence-corrected chi connectivity index (χ2v) is 7.00. The Kier molecular flexibility index (Phi) is 6.15. The molecule has 4 amide bonds. The van der Waals surface area contributed by atoms with Crippen LogP contribution in [0.15, 0.2) is 41.4 Å². The van der Waals surface area contributed by atoms with Gasteiger partial charge in [-0.25, -0.2) is 9.69 Å². The predicted octanol–water partition coefficient (Wildman–Crippen LogP) is 2.79. The normalized spacial score (nSPS) is 16.7. The lowest BCUT2D eigenvalue weighted by atomic mass is 10.0. The molecule has 0 saturated carbocycles. The van der Waals surface area contributed by atoms with Gasteiger partial charge in [0.15, 0.2) is 5.92 Å². The maximum atomic E-state index is 12.9. The summed E-state index contributed by atoms with van der Waals surface area (Å²) in [7, 11) is 3.09. The van der Waals surface area contributed by atoms with Gasteiger partial charge in [0.1, 0.15) is 11.5 Å². The van der Waals surface area contributed by atoms with Crippen molar-refractivity contribution in [1.82, 2.24) is 5.32 Å². The number of carbonyl (C=O) groups excluding carboxylic acids is 3. The van der Waals surface area contributed by atoms with Crippen molar-refractivity contribution in [3.8, 4) is 11.5 Å². The summed E-state index contributed by atoms with van der Waals surface area (Å²) in [6, 6.07) is 9.91. The number of aryl methyl sites for hydroxylation is 2. The van der Waals surface area contributed by atoms with E-state index in [2.05, 4.69) is 10.3 Å². The number of rotatable bonds is 6. The molecule has 0 bridgehead atoms. The smallest absolute Gasteiger partial charge is 0.335 e. The second-order valence-electron chi connectivity index (χ2n) is 7.00. The first-order valence-electron chi connectivity index (χ1n) is 9.31. The van der Waals surface area contributed by atoms with E-state index in [-0.39, 0.29) is 6.54 Å². The maximum absolute atomic E-state index is 12.9. The molecule has 1 heterocycles. The first kappa shape index (κ1) is 21.0. The van der Waals surface area contributed by atoms with Crippen LogP contribution in [0.3, 0.4) is 0 Å². The van der Waals surface area contributed by atoms with Gasteiger partial charge in [0.25, 0.3) is 5.91 Å². The number of anilines is 1. The Morgan fingerprint density at radius 2 is 1.57 bits per heavy atom. The Bertz CT molecular complexity index is 989. The van der Waals surface area contributed by atoms with E-state index >= 15 is 0 Å². The molecule has 0 aromatic heterocycles. The number of methoxy groups -OCH3 is 2. The third-order valence-corrected chi connectivity index (χ3v) is 4.61. The molecule has 1 saturated heterocycles. The number of barbiturate groups is 1. The number of nitrogens with zero attached hydrogens (tertiary/aromatic N) is 2. The minimum absolute atomic E-state index is 0.210. The molecule has 1 atom stereocenters. The molecule has 0 radical (unpaired) electrons. The van der Waals surface area contributed by atoms with Gasteiger partial charge in [-0.05, 0) is 54.8 Å². The quantitative estimate of drug-likeness (QED) is 0.584. The highest BCUT2D eigenvalue weighted by molar-refractivity contribution is 6.32. The maximum Gasteiger partial charge on any atom is 0.335 e. The summed E-state index contributed by atoms with van der Waals surface area (Å²) in [4.78, 5) is 42.7. The van der Waals surface area contributed by atoms with Crippen LogP contribution in [0.5, 0.6) is 11.5 Å². The molecule has 0 spiro atoms. The fraction of sp³-hybridized carbons (Fsp3) is 0.273. The number of ether oxygens (including phenoxy) is 2. The molecule has 0 aliphatic carbocycles. The van der Waals surface area contributed by atoms with E-state index in [1.54, 1.807) is 44.6 Å². The van der Waals surface area contributed by atoms with E-state index in [0.717, 1.165) is 21.6 Å². The van der Waals surface area contributed by atoms with Crippen LogP contribution in [0.2, 0.25) is 0 Å². The number of aliphatic imine (C=N–C) groups is 1. The van der Waals surface area contributed by atoms with E-state index < -0.39 is 23.8 Å². The summed E-state index contributed by atoms with van der Waals surface area (Å²) in [5.41, 5.74) is 3.01. The van der Waals surface area contributed by atoms with Gasteiger partial charge in [0, 0.05) is 12.3 Å². The molecule has 2 aromatic rings. The van der Waals surface area contributed by atoms with Crippen LogP contribution in [0, 0.1) is 19.8 Å². The van der Waals surface area contributed by atoms with E-state index in [9.17, 15) is 14.4 Å². The van der Waals surface area contributed by atoms with Gasteiger partial charge in [-0.3, -0.25) is 19.9 Å². The van der Waals surface area contributed by atoms with Crippen molar-refractivity contribution in [2.75, 3.05) is 19.1 Å². The Labute approximate surface area is 174 Å². The summed E-state index contributed by atoms with van der Waals surface area (Å²) in [5.74, 6) is -1.32. The van der Waals surface area contributed by atoms with Crippen LogP contribution in [-0.4, -0.2) is 38.3 Å². The van der Waals surface area contributed by atoms with Crippen molar-refractivity contribution in [3.05, 3.63) is 53.1 Å². The second kappa shape index (κ2) is 8.77. The summed E-state index contributed by atoms with van der Waals surface area (Å²) in [6.45, 7) is 3.95. The number of benzene rings is 2. The first-order valence-corrected chi connectivity index (χ1v) is 9.31. The highest BCUT2D eigenvalue weighted by Gasteiger charge is 2.40. The number of imide groups is 2. The number of urea groups is 1. The average molecular weight is 409 g/mol. The minimum Gasteiger partial charge on any atom is -0.497 e. The lowest BCUT2D eigenvalue weighted by Gasteiger charge is -2.29. The highest BCUT2D eigenvalue weighted by atomic mass is 16.5. The largest absolute Gasteiger partial charge is 0.497 e. The average Bonchev–Trinajstić information content (AvgIpc) is 2.69. The molecule has 3 rings (SSSR count). The molecule has 30 heavy (non-hydrogen) atoms. The van der Waals surface area contributed by atoms with Gasteiger partial charge in [0.05, 0.1) is 26.5 Å². The lowest BCUT2D eigenvalue weighted by molar-refractivity contribution is -0.131. The van der Waals surface area contributed by atoms with Crippen LogP contribution in [0.4, 0.5) is 10.5 Å². The van der Waals surface area contributed by atoms with Crippen molar-refractivity contribution in [2.24, 2.45) is 10.9 Å². The van der Waals surface area contributed by atoms with Crippen molar-refractivity contribution in [3.63, 3.8) is 0 Å². The van der Waals surface area contributed by atoms with E-state index in [4.69, 9.17) is 9.47 Å². The number of amides is 4. The molecular weight excluding hydrogens is 386 g/mol. The third kappa shape index (κ3) is 4.48. The lowest BCUT2D eigenvalue weighted by Crippen LogP contribution is -2.58. The Hall–Kier alpha value is -3.68. The minimum atomic E-state index is -1.20. The summed E-state index contributed by atoms with van der Waals surface area (Å²) in [6.07, 6.45) is 1.27. The number of hydrogen-bond acceptors (Lipinski definition) is 6. The standard InChI is InChI=1S/C22H23N3O5/c1-13-5-14(2)7-16(6-13)25-21(27)19(20(26)24-22(25)28)12-23-11-15-8-17(29-3)10-18(9-15)30-4/h5-10,12,19H,11H2,1-4H3,(H,24,26,28)/t19-/m1/s1. The van der Waals surface area contributed by atoms with Crippen LogP contribution in [0.1, 0.15) is 16.7 Å². The molecule has 156 valence electrons. The van der Waals surface area contributed by atoms with Gasteiger partial charge in [-0.15, -0.1) is 0 Å². The van der Waals surface area contributed by atoms with Crippen molar-refractivity contribution in [1.29, 1.82) is 0 Å². The van der Waals surface area contributed by atoms with Crippen LogP contribution in [-0.2, 0) is 16.1 Å². The monoisotopic (exact) mass is 409 g/mol. The Morgan fingerprint density at radius 3 is 2.13 bits per heavy atom. The van der Waals surface area contributed by atoms with Gasteiger partial charge in [-0.1, -0.05) is 6.07 Å². The summed E-state index contributed by atoms with van der Waals surface area (Å²) < 4.78 is 10.5. The zero-order chi connectivity index (χ0) is 21.8. The molecule has 1 N–H and O–H groups in total. The Balaban J connectivity index is 1.82. The van der Waals surface area contributed by atoms with Crippen LogP contribution in [0.25, 0.3) is 0 Å². The summed E-state index contributed by atoms with van der Waals surface area (Å²) >= 11 is 0. The van der Waals surface area contributed by atoms with E-state index in [1.807, 2.05) is 19.9 Å². The van der Waals surface area contributed by atoms with Gasteiger partial charge in [-0.2, -0.15) is 0 Å². The fourth-order valence-corrected chi connectivity index (χ4v) is 3.27. The Morgan fingerprint density at radius 1 is 0.967 bits per heavy atom. The van der Waals surface area contributed by atoms with Gasteiger partial charge >= 0.3 is 6.03 Å². The van der Waals surface area contributed by atoms with Crippen molar-refractivity contribution >= 4 is 29.7 Å². The molecule has 1 fully saturated rings. The van der Waals surface area contributed by atoms with E-state index in [0.29, 0.717) is 17.2 Å². The molecular formula is C22H23N3O5. The zero-order valence-electron chi connectivity index (χ0n) is 17.3. The molecule has 2 aromatic carbocycles. The van der Waals surface area contributed by atoms with Crippen molar-refractivity contribution in [2.45, 2.75) is 20.4 Å². The number of hydrogen-bond donors (Lipinski definition) is 1. The molecule has 1 aliphatic heterocycles. The van der Waals surface area contributed by atoms with Gasteiger partial charge in [0.2, 0.25) is 5.91 Å². The SMILES string of the molecule is COc1cc(CN=C[C@@H]2C(=O)NC(=O)N(c3cc(C)cc(C)c3)C2=O)cc(OC)c1. The topological polar surface area (TPSA) is 97.3 Å². The van der Waals surface area contributed by atoms with Crippen molar-refractivity contribution < 1.29 is 23.9 Å². The molecule has 1 aliphatic rings. The van der Waals surface area contributed by atoms with Gasteiger partial charge < -0.3 is 9.47 Å². The third-order valence-electron chi connectivity index (χ3n) is 4.61. The number of nitrogens with one attached hydrogen (secondary N) is 1. The molecule has 0 unspecified atom stereocenters. The molecule has 8 nitrogen and oxygen atoms in total. The van der Waals surface area contributed by atoms with Crippen LogP contribution >= 0.6 is 0 Å². The summed E-state index contributed by atoms with van der Waals surface area (Å²) in [5, 5.41) is 2.23. The zero-order valence-corrected chi connectivity index (χ0v) is 17.3. The predicted molar refractivity (Wildman–Crippen MR) is 112 cm³/mol.